The van der Waals surface area contributed by atoms with Gasteiger partial charge in [0.2, 0.25) is 0 Å². The van der Waals surface area contributed by atoms with Crippen LogP contribution in [0.5, 0.6) is 11.5 Å². The topological polar surface area (TPSA) is 123 Å². The highest BCUT2D eigenvalue weighted by molar-refractivity contribution is 6.04. The van der Waals surface area contributed by atoms with Crippen LogP contribution in [0, 0.1) is 10.1 Å². The predicted octanol–water partition coefficient (Wildman–Crippen LogP) is 3.52. The van der Waals surface area contributed by atoms with E-state index in [4.69, 9.17) is 9.47 Å². The normalized spacial score (nSPS) is 14.7. The van der Waals surface area contributed by atoms with Crippen molar-refractivity contribution in [1.82, 2.24) is 10.4 Å². The summed E-state index contributed by atoms with van der Waals surface area (Å²) in [6.45, 7) is 0. The fourth-order valence-electron chi connectivity index (χ4n) is 3.53. The van der Waals surface area contributed by atoms with Gasteiger partial charge in [-0.3, -0.25) is 25.1 Å². The maximum absolute atomic E-state index is 13.3. The van der Waals surface area contributed by atoms with Crippen molar-refractivity contribution < 1.29 is 24.0 Å². The second-order valence-corrected chi connectivity index (χ2v) is 7.13. The van der Waals surface area contributed by atoms with E-state index < -0.39 is 22.9 Å². The standard InChI is InChI=1S/C23H20N4O6/c1-32-19-12-9-15(13-20(19)33-2)21-24-18-6-4-3-5-17(18)23(29)26(21)25-22(28)14-7-10-16(11-8-14)27(30)31/h3-13,21,24H,1-2H3,(H,25,28)/t21-/m1/s1. The predicted molar refractivity (Wildman–Crippen MR) is 119 cm³/mol. The van der Waals surface area contributed by atoms with Gasteiger partial charge in [-0.05, 0) is 36.4 Å². The molecule has 168 valence electrons. The SMILES string of the molecule is COc1ccc([C@@H]2Nc3ccccc3C(=O)N2NC(=O)c2ccc([N+](=O)[O-])cc2)cc1OC. The number of rotatable bonds is 6. The van der Waals surface area contributed by atoms with E-state index in [1.165, 1.54) is 43.5 Å². The molecule has 0 bridgehead atoms. The van der Waals surface area contributed by atoms with Crippen LogP contribution in [-0.2, 0) is 0 Å². The number of nitro groups is 1. The van der Waals surface area contributed by atoms with Crippen LogP contribution in [0.25, 0.3) is 0 Å². The third-order valence-electron chi connectivity index (χ3n) is 5.21. The number of amides is 2. The second kappa shape index (κ2) is 8.87. The maximum Gasteiger partial charge on any atom is 0.276 e. The van der Waals surface area contributed by atoms with Crippen molar-refractivity contribution in [3.05, 3.63) is 93.5 Å². The molecular formula is C23H20N4O6. The van der Waals surface area contributed by atoms with Gasteiger partial charge in [0.15, 0.2) is 11.5 Å². The molecule has 2 amide bonds. The van der Waals surface area contributed by atoms with Gasteiger partial charge in [-0.2, -0.15) is 0 Å². The highest BCUT2D eigenvalue weighted by atomic mass is 16.6. The number of nitrogens with zero attached hydrogens (tertiary/aromatic N) is 2. The van der Waals surface area contributed by atoms with Crippen molar-refractivity contribution in [2.75, 3.05) is 19.5 Å². The average molecular weight is 448 g/mol. The number of anilines is 1. The first-order valence-corrected chi connectivity index (χ1v) is 9.89. The largest absolute Gasteiger partial charge is 0.493 e. The molecule has 1 aliphatic heterocycles. The average Bonchev–Trinajstić information content (AvgIpc) is 2.85. The number of nitro benzene ring substituents is 1. The molecule has 3 aromatic carbocycles. The number of methoxy groups -OCH3 is 2. The zero-order valence-electron chi connectivity index (χ0n) is 17.8. The molecule has 0 fully saturated rings. The summed E-state index contributed by atoms with van der Waals surface area (Å²) in [5, 5.41) is 15.3. The lowest BCUT2D eigenvalue weighted by Crippen LogP contribution is -2.52. The smallest absolute Gasteiger partial charge is 0.276 e. The Morgan fingerprint density at radius 3 is 2.39 bits per heavy atom. The van der Waals surface area contributed by atoms with Crippen molar-refractivity contribution >= 4 is 23.2 Å². The molecule has 33 heavy (non-hydrogen) atoms. The van der Waals surface area contributed by atoms with Crippen LogP contribution < -0.4 is 20.2 Å². The van der Waals surface area contributed by atoms with Crippen LogP contribution in [0.3, 0.4) is 0 Å². The van der Waals surface area contributed by atoms with Crippen LogP contribution >= 0.6 is 0 Å². The molecule has 0 unspecified atom stereocenters. The van der Waals surface area contributed by atoms with E-state index in [2.05, 4.69) is 10.7 Å². The monoisotopic (exact) mass is 448 g/mol. The number of non-ortho nitro benzene ring substituents is 1. The lowest BCUT2D eigenvalue weighted by atomic mass is 10.0. The van der Waals surface area contributed by atoms with Crippen LogP contribution in [0.1, 0.15) is 32.4 Å². The number of hydrogen-bond donors (Lipinski definition) is 2. The van der Waals surface area contributed by atoms with Gasteiger partial charge in [0.25, 0.3) is 17.5 Å². The second-order valence-electron chi connectivity index (χ2n) is 7.13. The Bertz CT molecular complexity index is 1230. The summed E-state index contributed by atoms with van der Waals surface area (Å²) in [6, 6.07) is 17.2. The van der Waals surface area contributed by atoms with E-state index in [-0.39, 0.29) is 11.3 Å². The van der Waals surface area contributed by atoms with Gasteiger partial charge < -0.3 is 14.8 Å². The molecule has 0 aromatic heterocycles. The molecule has 10 nitrogen and oxygen atoms in total. The van der Waals surface area contributed by atoms with Gasteiger partial charge in [-0.15, -0.1) is 0 Å². The summed E-state index contributed by atoms with van der Waals surface area (Å²) in [4.78, 5) is 36.5. The third-order valence-corrected chi connectivity index (χ3v) is 5.21. The Labute approximate surface area is 188 Å². The van der Waals surface area contributed by atoms with Crippen LogP contribution in [0.15, 0.2) is 66.7 Å². The minimum Gasteiger partial charge on any atom is -0.493 e. The molecule has 10 heteroatoms. The molecule has 0 saturated heterocycles. The summed E-state index contributed by atoms with van der Waals surface area (Å²) in [7, 11) is 3.03. The highest BCUT2D eigenvalue weighted by Gasteiger charge is 2.35. The highest BCUT2D eigenvalue weighted by Crippen LogP contribution is 2.36. The first kappa shape index (κ1) is 21.6. The van der Waals surface area contributed by atoms with E-state index in [1.54, 1.807) is 42.5 Å². The number of benzene rings is 3. The number of ether oxygens (including phenoxy) is 2. The van der Waals surface area contributed by atoms with Crippen molar-refractivity contribution in [2.24, 2.45) is 0 Å². The van der Waals surface area contributed by atoms with Crippen LogP contribution in [0.4, 0.5) is 11.4 Å². The summed E-state index contributed by atoms with van der Waals surface area (Å²) in [6.07, 6.45) is -0.755. The van der Waals surface area contributed by atoms with Gasteiger partial charge in [0.05, 0.1) is 24.7 Å². The fourth-order valence-corrected chi connectivity index (χ4v) is 3.53. The fraction of sp³-hybridized carbons (Fsp3) is 0.130. The van der Waals surface area contributed by atoms with Crippen molar-refractivity contribution in [3.63, 3.8) is 0 Å². The number of nitrogens with one attached hydrogen (secondary N) is 2. The number of carbonyl (C=O) groups is 2. The first-order chi connectivity index (χ1) is 15.9. The lowest BCUT2D eigenvalue weighted by molar-refractivity contribution is -0.384. The number of fused-ring (bicyclic) bond motifs is 1. The Morgan fingerprint density at radius 2 is 1.73 bits per heavy atom. The first-order valence-electron chi connectivity index (χ1n) is 9.89. The number of hydrazine groups is 1. The van der Waals surface area contributed by atoms with Crippen molar-refractivity contribution in [3.8, 4) is 11.5 Å². The zero-order valence-corrected chi connectivity index (χ0v) is 17.8. The Morgan fingerprint density at radius 1 is 1.03 bits per heavy atom. The van der Waals surface area contributed by atoms with Crippen LogP contribution in [-0.4, -0.2) is 36.0 Å². The maximum atomic E-state index is 13.3. The van der Waals surface area contributed by atoms with Crippen molar-refractivity contribution in [2.45, 2.75) is 6.17 Å². The van der Waals surface area contributed by atoms with Crippen molar-refractivity contribution in [1.29, 1.82) is 0 Å². The van der Waals surface area contributed by atoms with Gasteiger partial charge in [-0.1, -0.05) is 18.2 Å². The molecule has 0 radical (unpaired) electrons. The van der Waals surface area contributed by atoms with Gasteiger partial charge in [0, 0.05) is 28.9 Å². The molecule has 4 rings (SSSR count). The lowest BCUT2D eigenvalue weighted by Gasteiger charge is -2.37. The molecule has 2 N–H and O–H groups in total. The quantitative estimate of drug-likeness (QED) is 0.437. The zero-order chi connectivity index (χ0) is 23.5. The minimum absolute atomic E-state index is 0.139. The van der Waals surface area contributed by atoms with Gasteiger partial charge >= 0.3 is 0 Å². The number of carbonyl (C=O) groups excluding carboxylic acids is 2. The van der Waals surface area contributed by atoms with E-state index >= 15 is 0 Å². The van der Waals surface area contributed by atoms with Gasteiger partial charge in [-0.25, -0.2) is 5.01 Å². The van der Waals surface area contributed by atoms with E-state index in [1.807, 2.05) is 0 Å². The van der Waals surface area contributed by atoms with Gasteiger partial charge in [0.1, 0.15) is 6.17 Å². The summed E-state index contributed by atoms with van der Waals surface area (Å²) in [5.41, 5.74) is 4.29. The molecular weight excluding hydrogens is 428 g/mol. The molecule has 0 aliphatic carbocycles. The Balaban J connectivity index is 1.70. The van der Waals surface area contributed by atoms with E-state index in [0.717, 1.165) is 0 Å². The Hall–Kier alpha value is -4.60. The third kappa shape index (κ3) is 4.13. The molecule has 1 aliphatic rings. The Kier molecular flexibility index (Phi) is 5.81. The molecule has 1 heterocycles. The summed E-state index contributed by atoms with van der Waals surface area (Å²) in [5.74, 6) is -0.0284. The van der Waals surface area contributed by atoms with E-state index in [0.29, 0.717) is 28.3 Å². The number of para-hydroxylation sites is 1. The number of hydrogen-bond acceptors (Lipinski definition) is 7. The summed E-state index contributed by atoms with van der Waals surface area (Å²) < 4.78 is 10.7. The summed E-state index contributed by atoms with van der Waals surface area (Å²) >= 11 is 0. The minimum atomic E-state index is -0.755. The van der Waals surface area contributed by atoms with E-state index in [9.17, 15) is 19.7 Å². The molecule has 0 saturated carbocycles. The van der Waals surface area contributed by atoms with Crippen LogP contribution in [0.2, 0.25) is 0 Å². The molecule has 1 atom stereocenters. The molecule has 0 spiro atoms. The molecule has 3 aromatic rings.